The predicted molar refractivity (Wildman–Crippen MR) is 119 cm³/mol. The molecule has 0 amide bonds. The highest BCUT2D eigenvalue weighted by atomic mass is 16.3. The van der Waals surface area contributed by atoms with Crippen LogP contribution in [0.25, 0.3) is 11.0 Å². The van der Waals surface area contributed by atoms with E-state index in [2.05, 4.69) is 46.9 Å². The Balaban J connectivity index is 1.68. The summed E-state index contributed by atoms with van der Waals surface area (Å²) in [7, 11) is 2.21. The van der Waals surface area contributed by atoms with Crippen molar-refractivity contribution in [1.29, 1.82) is 0 Å². The number of hydrogen-bond donors (Lipinski definition) is 2. The van der Waals surface area contributed by atoms with Gasteiger partial charge in [0.1, 0.15) is 5.65 Å². The monoisotopic (exact) mass is 399 g/mol. The van der Waals surface area contributed by atoms with Crippen molar-refractivity contribution in [2.75, 3.05) is 25.5 Å². The van der Waals surface area contributed by atoms with Crippen LogP contribution >= 0.6 is 0 Å². The molecule has 0 bridgehead atoms. The van der Waals surface area contributed by atoms with Gasteiger partial charge in [0.2, 0.25) is 5.95 Å². The molecule has 0 radical (unpaired) electrons. The maximum absolute atomic E-state index is 9.97. The van der Waals surface area contributed by atoms with Crippen LogP contribution < -0.4 is 5.32 Å². The Kier molecular flexibility index (Phi) is 6.40. The molecule has 1 aliphatic carbocycles. The van der Waals surface area contributed by atoms with Gasteiger partial charge in [-0.05, 0) is 83.5 Å². The Morgan fingerprint density at radius 3 is 2.59 bits per heavy atom. The minimum atomic E-state index is -0.136. The van der Waals surface area contributed by atoms with Gasteiger partial charge in [0.05, 0.1) is 6.10 Å². The number of piperidine rings is 1. The van der Waals surface area contributed by atoms with Crippen LogP contribution in [0.5, 0.6) is 0 Å². The standard InChI is InChI=1S/C23H37N5O/c1-4-5-16(2)25-23-24-14-20-21(17-10-12-27(3)13-11-17)15-28(22(20)26-23)18-6-8-19(29)9-7-18/h14-19,29H,4-13H2,1-3H3,(H,24,25,26)/t16-,18-,19-/m0/s1. The second kappa shape index (κ2) is 9.00. The van der Waals surface area contributed by atoms with Crippen molar-refractivity contribution in [3.8, 4) is 0 Å². The summed E-state index contributed by atoms with van der Waals surface area (Å²) >= 11 is 0. The molecule has 2 aliphatic rings. The molecule has 0 aromatic carbocycles. The second-order valence-electron chi connectivity index (χ2n) is 9.30. The Morgan fingerprint density at radius 1 is 1.17 bits per heavy atom. The molecular weight excluding hydrogens is 362 g/mol. The fourth-order valence-corrected chi connectivity index (χ4v) is 5.11. The minimum absolute atomic E-state index is 0.136. The maximum atomic E-state index is 9.97. The maximum Gasteiger partial charge on any atom is 0.224 e. The van der Waals surface area contributed by atoms with Crippen molar-refractivity contribution in [3.05, 3.63) is 18.0 Å². The summed E-state index contributed by atoms with van der Waals surface area (Å²) < 4.78 is 2.41. The Labute approximate surface area is 174 Å². The topological polar surface area (TPSA) is 66.2 Å². The first-order chi connectivity index (χ1) is 14.0. The van der Waals surface area contributed by atoms with E-state index in [4.69, 9.17) is 4.98 Å². The Morgan fingerprint density at radius 2 is 1.90 bits per heavy atom. The highest BCUT2D eigenvalue weighted by Gasteiger charge is 2.27. The number of likely N-dealkylation sites (tertiary alicyclic amines) is 1. The summed E-state index contributed by atoms with van der Waals surface area (Å²) in [6.07, 6.45) is 12.8. The van der Waals surface area contributed by atoms with E-state index < -0.39 is 0 Å². The fourth-order valence-electron chi connectivity index (χ4n) is 5.11. The zero-order valence-electron chi connectivity index (χ0n) is 18.3. The summed E-state index contributed by atoms with van der Waals surface area (Å²) in [5.41, 5.74) is 2.49. The SMILES string of the molecule is CCC[C@H](C)Nc1ncc2c(C3CCN(C)CC3)cn([C@H]3CC[C@H](O)CC3)c2n1. The second-order valence-corrected chi connectivity index (χ2v) is 9.30. The van der Waals surface area contributed by atoms with Crippen molar-refractivity contribution in [1.82, 2.24) is 19.4 Å². The average molecular weight is 400 g/mol. The van der Waals surface area contributed by atoms with E-state index in [1.54, 1.807) is 0 Å². The lowest BCUT2D eigenvalue weighted by Gasteiger charge is -2.29. The first-order valence-corrected chi connectivity index (χ1v) is 11.6. The fraction of sp³-hybridized carbons (Fsp3) is 0.739. The van der Waals surface area contributed by atoms with Crippen LogP contribution in [0.15, 0.2) is 12.4 Å². The number of anilines is 1. The van der Waals surface area contributed by atoms with Crippen LogP contribution in [-0.2, 0) is 0 Å². The van der Waals surface area contributed by atoms with Crippen LogP contribution in [0.4, 0.5) is 5.95 Å². The number of fused-ring (bicyclic) bond motifs is 1. The highest BCUT2D eigenvalue weighted by Crippen LogP contribution is 2.38. The highest BCUT2D eigenvalue weighted by molar-refractivity contribution is 5.81. The van der Waals surface area contributed by atoms with Gasteiger partial charge in [-0.25, -0.2) is 4.98 Å². The van der Waals surface area contributed by atoms with E-state index >= 15 is 0 Å². The number of rotatable bonds is 6. The van der Waals surface area contributed by atoms with E-state index in [1.807, 2.05) is 6.20 Å². The first kappa shape index (κ1) is 20.6. The third-order valence-electron chi connectivity index (χ3n) is 6.92. The van der Waals surface area contributed by atoms with Crippen molar-refractivity contribution in [3.63, 3.8) is 0 Å². The molecule has 1 atom stereocenters. The largest absolute Gasteiger partial charge is 0.393 e. The number of hydrogen-bond acceptors (Lipinski definition) is 5. The lowest BCUT2D eigenvalue weighted by atomic mass is 9.90. The molecule has 29 heavy (non-hydrogen) atoms. The first-order valence-electron chi connectivity index (χ1n) is 11.6. The van der Waals surface area contributed by atoms with Crippen LogP contribution in [0.1, 0.15) is 82.7 Å². The van der Waals surface area contributed by atoms with Crippen molar-refractivity contribution < 1.29 is 5.11 Å². The summed E-state index contributed by atoms with van der Waals surface area (Å²) in [5, 5.41) is 14.7. The lowest BCUT2D eigenvalue weighted by molar-refractivity contribution is 0.111. The molecule has 6 nitrogen and oxygen atoms in total. The molecule has 2 fully saturated rings. The molecule has 2 N–H and O–H groups in total. The summed E-state index contributed by atoms with van der Waals surface area (Å²) in [6, 6.07) is 0.802. The molecule has 6 heteroatoms. The zero-order chi connectivity index (χ0) is 20.4. The molecule has 1 saturated heterocycles. The predicted octanol–water partition coefficient (Wildman–Crippen LogP) is 4.32. The molecule has 1 aliphatic heterocycles. The third-order valence-corrected chi connectivity index (χ3v) is 6.92. The Hall–Kier alpha value is -1.66. The van der Waals surface area contributed by atoms with Crippen molar-refractivity contribution in [2.24, 2.45) is 0 Å². The number of aliphatic hydroxyl groups excluding tert-OH is 1. The number of aliphatic hydroxyl groups is 1. The quantitative estimate of drug-likeness (QED) is 0.757. The molecule has 2 aromatic heterocycles. The van der Waals surface area contributed by atoms with Gasteiger partial charge < -0.3 is 19.9 Å². The molecule has 1 saturated carbocycles. The summed E-state index contributed by atoms with van der Waals surface area (Å²) in [5.74, 6) is 1.33. The number of nitrogens with zero attached hydrogens (tertiary/aromatic N) is 4. The molecule has 3 heterocycles. The zero-order valence-corrected chi connectivity index (χ0v) is 18.3. The minimum Gasteiger partial charge on any atom is -0.393 e. The van der Waals surface area contributed by atoms with Crippen molar-refractivity contribution in [2.45, 2.75) is 89.3 Å². The van der Waals surface area contributed by atoms with Crippen LogP contribution in [0.3, 0.4) is 0 Å². The molecule has 160 valence electrons. The normalized spacial score (nSPS) is 25.4. The molecule has 4 rings (SSSR count). The van der Waals surface area contributed by atoms with Gasteiger partial charge in [-0.2, -0.15) is 4.98 Å². The van der Waals surface area contributed by atoms with Gasteiger partial charge in [0.15, 0.2) is 0 Å². The molecular formula is C23H37N5O. The summed E-state index contributed by atoms with van der Waals surface area (Å²) in [4.78, 5) is 12.1. The molecule has 2 aromatic rings. The van der Waals surface area contributed by atoms with Gasteiger partial charge in [0, 0.05) is 29.9 Å². The molecule has 0 spiro atoms. The van der Waals surface area contributed by atoms with E-state index in [1.165, 1.54) is 23.8 Å². The van der Waals surface area contributed by atoms with E-state index in [0.29, 0.717) is 18.0 Å². The van der Waals surface area contributed by atoms with Gasteiger partial charge in [0.25, 0.3) is 0 Å². The van der Waals surface area contributed by atoms with E-state index in [0.717, 1.165) is 63.2 Å². The van der Waals surface area contributed by atoms with Gasteiger partial charge in [-0.15, -0.1) is 0 Å². The van der Waals surface area contributed by atoms with Gasteiger partial charge >= 0.3 is 0 Å². The average Bonchev–Trinajstić information content (AvgIpc) is 3.08. The number of nitrogens with one attached hydrogen (secondary N) is 1. The van der Waals surface area contributed by atoms with Crippen LogP contribution in [0.2, 0.25) is 0 Å². The van der Waals surface area contributed by atoms with Crippen LogP contribution in [0, 0.1) is 0 Å². The van der Waals surface area contributed by atoms with E-state index in [9.17, 15) is 5.11 Å². The van der Waals surface area contributed by atoms with Crippen LogP contribution in [-0.4, -0.2) is 56.8 Å². The van der Waals surface area contributed by atoms with Gasteiger partial charge in [-0.1, -0.05) is 13.3 Å². The molecule has 0 unspecified atom stereocenters. The van der Waals surface area contributed by atoms with Crippen molar-refractivity contribution >= 4 is 17.0 Å². The smallest absolute Gasteiger partial charge is 0.224 e. The lowest BCUT2D eigenvalue weighted by Crippen LogP contribution is -2.29. The number of aromatic nitrogens is 3. The van der Waals surface area contributed by atoms with Gasteiger partial charge in [-0.3, -0.25) is 0 Å². The van der Waals surface area contributed by atoms with E-state index in [-0.39, 0.29) is 6.10 Å². The summed E-state index contributed by atoms with van der Waals surface area (Å²) in [6.45, 7) is 6.71. The third kappa shape index (κ3) is 4.58. The Bertz CT molecular complexity index is 803.